The van der Waals surface area contributed by atoms with E-state index in [1.54, 1.807) is 0 Å². The number of nitrogens with one attached hydrogen (secondary N) is 2. The minimum absolute atomic E-state index is 0.269. The van der Waals surface area contributed by atoms with Crippen molar-refractivity contribution in [2.24, 2.45) is 10.2 Å². The third-order valence-electron chi connectivity index (χ3n) is 7.48. The third kappa shape index (κ3) is 6.33. The third-order valence-corrected chi connectivity index (χ3v) is 7.48. The van der Waals surface area contributed by atoms with Gasteiger partial charge in [0.15, 0.2) is 5.66 Å². The largest absolute Gasteiger partial charge is 0.372 e. The Bertz CT molecular complexity index is 1090. The molecular weight excluding hydrogens is 448 g/mol. The minimum atomic E-state index is -0.269. The number of nitrogens with zero attached hydrogens (tertiary/aromatic N) is 6. The molecule has 0 bridgehead atoms. The maximum atomic E-state index is 5.39. The van der Waals surface area contributed by atoms with Gasteiger partial charge >= 0.3 is 0 Å². The molecule has 2 aromatic rings. The average molecular weight is 487 g/mol. The second-order valence-electron chi connectivity index (χ2n) is 10.3. The van der Waals surface area contributed by atoms with Crippen molar-refractivity contribution in [3.8, 4) is 12.3 Å². The Morgan fingerprint density at radius 2 is 1.83 bits per heavy atom. The van der Waals surface area contributed by atoms with Gasteiger partial charge in [0.1, 0.15) is 5.82 Å². The van der Waals surface area contributed by atoms with Gasteiger partial charge < -0.3 is 20.4 Å². The highest BCUT2D eigenvalue weighted by Gasteiger charge is 2.38. The van der Waals surface area contributed by atoms with Crippen LogP contribution in [0.5, 0.6) is 0 Å². The molecular formula is C28H38N8. The zero-order valence-corrected chi connectivity index (χ0v) is 21.4. The highest BCUT2D eigenvalue weighted by molar-refractivity contribution is 5.49. The fourth-order valence-electron chi connectivity index (χ4n) is 5.23. The molecule has 2 saturated heterocycles. The number of aromatic nitrogens is 2. The molecule has 0 amide bonds. The molecule has 4 heterocycles. The Morgan fingerprint density at radius 1 is 1.03 bits per heavy atom. The topological polar surface area (TPSA) is 81.0 Å². The van der Waals surface area contributed by atoms with E-state index in [1.807, 2.05) is 13.0 Å². The van der Waals surface area contributed by atoms with E-state index >= 15 is 0 Å². The molecule has 3 aliphatic rings. The first-order valence-electron chi connectivity index (χ1n) is 13.4. The maximum Gasteiger partial charge on any atom is 0.227 e. The number of aryl methyl sites for hydroxylation is 1. The number of piperidine rings is 1. The Labute approximate surface area is 215 Å². The van der Waals surface area contributed by atoms with Gasteiger partial charge in [0.2, 0.25) is 5.95 Å². The molecule has 0 unspecified atom stereocenters. The van der Waals surface area contributed by atoms with Crippen LogP contribution in [0, 0.1) is 19.3 Å². The van der Waals surface area contributed by atoms with Crippen LogP contribution in [0.1, 0.15) is 56.2 Å². The van der Waals surface area contributed by atoms with Gasteiger partial charge in [-0.2, -0.15) is 15.2 Å². The molecule has 0 aliphatic carbocycles. The van der Waals surface area contributed by atoms with Gasteiger partial charge in [-0.15, -0.1) is 12.3 Å². The molecule has 0 saturated carbocycles. The van der Waals surface area contributed by atoms with Crippen molar-refractivity contribution >= 4 is 17.5 Å². The quantitative estimate of drug-likeness (QED) is 0.455. The van der Waals surface area contributed by atoms with Crippen LogP contribution in [0.25, 0.3) is 0 Å². The highest BCUT2D eigenvalue weighted by atomic mass is 15.4. The molecule has 0 atom stereocenters. The van der Waals surface area contributed by atoms with Gasteiger partial charge in [-0.05, 0) is 50.3 Å². The summed E-state index contributed by atoms with van der Waals surface area (Å²) in [5.41, 5.74) is 3.44. The maximum absolute atomic E-state index is 5.39. The second-order valence-corrected chi connectivity index (χ2v) is 10.3. The van der Waals surface area contributed by atoms with Gasteiger partial charge in [0, 0.05) is 82.0 Å². The average Bonchev–Trinajstić information content (AvgIpc) is 3.44. The summed E-state index contributed by atoms with van der Waals surface area (Å²) in [4.78, 5) is 14.3. The van der Waals surface area contributed by atoms with Crippen LogP contribution in [0.3, 0.4) is 0 Å². The van der Waals surface area contributed by atoms with E-state index in [-0.39, 0.29) is 5.66 Å². The highest BCUT2D eigenvalue weighted by Crippen LogP contribution is 2.36. The lowest BCUT2D eigenvalue weighted by Crippen LogP contribution is -2.43. The Kier molecular flexibility index (Phi) is 7.66. The van der Waals surface area contributed by atoms with E-state index < -0.39 is 0 Å². The number of benzene rings is 1. The molecule has 2 fully saturated rings. The molecule has 0 spiro atoms. The number of terminal acetylenes is 1. The second kappa shape index (κ2) is 11.3. The van der Waals surface area contributed by atoms with Gasteiger partial charge in [0.05, 0.1) is 0 Å². The summed E-state index contributed by atoms with van der Waals surface area (Å²) in [5, 5.41) is 15.7. The predicted molar refractivity (Wildman–Crippen MR) is 145 cm³/mol. The summed E-state index contributed by atoms with van der Waals surface area (Å²) >= 11 is 0. The standard InChI is InChI=1S/C28H38N8/c1-3-4-12-28(33-34-28)13-14-29-26-19-22(2)31-27(32-26)36-17-10-24(11-18-36)30-21-23-8-7-9-25(20-23)35-15-5-6-16-35/h1,7-9,19-20,24,30H,4-6,10-18,21H2,2H3,(H,29,31,32). The molecule has 190 valence electrons. The SMILES string of the molecule is C#CCCC1(CCNc2cc(C)nc(N3CCC(NCc4cccc(N5CCCC5)c4)CC3)n2)N=N1. The number of rotatable bonds is 11. The zero-order chi connectivity index (χ0) is 24.8. The van der Waals surface area contributed by atoms with Crippen molar-refractivity contribution < 1.29 is 0 Å². The van der Waals surface area contributed by atoms with E-state index in [9.17, 15) is 0 Å². The summed E-state index contributed by atoms with van der Waals surface area (Å²) in [7, 11) is 0. The van der Waals surface area contributed by atoms with Crippen molar-refractivity contribution in [1.82, 2.24) is 15.3 Å². The molecule has 1 aromatic heterocycles. The van der Waals surface area contributed by atoms with Crippen molar-refractivity contribution in [3.63, 3.8) is 0 Å². The Morgan fingerprint density at radius 3 is 2.58 bits per heavy atom. The number of hydrogen-bond donors (Lipinski definition) is 2. The molecule has 8 nitrogen and oxygen atoms in total. The first-order valence-corrected chi connectivity index (χ1v) is 13.4. The van der Waals surface area contributed by atoms with Crippen LogP contribution < -0.4 is 20.4 Å². The van der Waals surface area contributed by atoms with Crippen molar-refractivity contribution in [1.29, 1.82) is 0 Å². The smallest absolute Gasteiger partial charge is 0.227 e. The Balaban J connectivity index is 1.08. The van der Waals surface area contributed by atoms with Crippen molar-refractivity contribution in [3.05, 3.63) is 41.6 Å². The van der Waals surface area contributed by atoms with Crippen LogP contribution in [-0.2, 0) is 6.54 Å². The van der Waals surface area contributed by atoms with E-state index in [0.29, 0.717) is 12.5 Å². The van der Waals surface area contributed by atoms with Crippen molar-refractivity contribution in [2.45, 2.75) is 70.1 Å². The van der Waals surface area contributed by atoms with Gasteiger partial charge in [-0.25, -0.2) is 4.98 Å². The fraction of sp³-hybridized carbons (Fsp3) is 0.571. The lowest BCUT2D eigenvalue weighted by atomic mass is 10.0. The van der Waals surface area contributed by atoms with E-state index in [0.717, 1.165) is 69.3 Å². The van der Waals surface area contributed by atoms with Crippen LogP contribution in [0.4, 0.5) is 17.5 Å². The molecule has 5 rings (SSSR count). The number of anilines is 3. The van der Waals surface area contributed by atoms with Crippen LogP contribution in [0.2, 0.25) is 0 Å². The molecule has 2 N–H and O–H groups in total. The Hall–Kier alpha value is -3.18. The number of hydrogen-bond acceptors (Lipinski definition) is 8. The zero-order valence-electron chi connectivity index (χ0n) is 21.4. The fourth-order valence-corrected chi connectivity index (χ4v) is 5.23. The van der Waals surface area contributed by atoms with Crippen LogP contribution >= 0.6 is 0 Å². The summed E-state index contributed by atoms with van der Waals surface area (Å²) in [5.74, 6) is 4.36. The van der Waals surface area contributed by atoms with Gasteiger partial charge in [0.25, 0.3) is 0 Å². The first kappa shape index (κ1) is 24.5. The summed E-state index contributed by atoms with van der Waals surface area (Å²) in [6.07, 6.45) is 12.6. The normalized spacial score (nSPS) is 18.9. The summed E-state index contributed by atoms with van der Waals surface area (Å²) < 4.78 is 0. The van der Waals surface area contributed by atoms with Crippen molar-refractivity contribution in [2.75, 3.05) is 47.8 Å². The monoisotopic (exact) mass is 486 g/mol. The first-order chi connectivity index (χ1) is 17.6. The van der Waals surface area contributed by atoms with Gasteiger partial charge in [-0.1, -0.05) is 12.1 Å². The lowest BCUT2D eigenvalue weighted by Gasteiger charge is -2.33. The predicted octanol–water partition coefficient (Wildman–Crippen LogP) is 4.52. The van der Waals surface area contributed by atoms with Crippen LogP contribution in [0.15, 0.2) is 40.6 Å². The van der Waals surface area contributed by atoms with Gasteiger partial charge in [-0.3, -0.25) is 0 Å². The lowest BCUT2D eigenvalue weighted by molar-refractivity contribution is 0.411. The molecule has 0 radical (unpaired) electrons. The van der Waals surface area contributed by atoms with Crippen LogP contribution in [-0.4, -0.2) is 54.4 Å². The molecule has 1 aromatic carbocycles. The minimum Gasteiger partial charge on any atom is -0.372 e. The van der Waals surface area contributed by atoms with E-state index in [2.05, 4.69) is 60.8 Å². The molecule has 3 aliphatic heterocycles. The summed E-state index contributed by atoms with van der Waals surface area (Å²) in [6.45, 7) is 8.00. The summed E-state index contributed by atoms with van der Waals surface area (Å²) in [6, 6.07) is 11.5. The molecule has 8 heteroatoms. The van der Waals surface area contributed by atoms with E-state index in [1.165, 1.54) is 37.2 Å². The van der Waals surface area contributed by atoms with E-state index in [4.69, 9.17) is 16.4 Å². The molecule has 36 heavy (non-hydrogen) atoms.